The highest BCUT2D eigenvalue weighted by molar-refractivity contribution is 5.86. The molecular weight excluding hydrogens is 428 g/mol. The Hall–Kier alpha value is -1.48. The van der Waals surface area contributed by atoms with Gasteiger partial charge < -0.3 is 28.4 Å². The van der Waals surface area contributed by atoms with E-state index in [1.54, 1.807) is 20.3 Å². The van der Waals surface area contributed by atoms with E-state index in [9.17, 15) is 9.59 Å². The summed E-state index contributed by atoms with van der Waals surface area (Å²) in [6.07, 6.45) is 5.08. The van der Waals surface area contributed by atoms with E-state index in [1.165, 1.54) is 7.11 Å². The smallest absolute Gasteiger partial charge is 0.333 e. The highest BCUT2D eigenvalue weighted by atomic mass is 16.8. The van der Waals surface area contributed by atoms with Crippen LogP contribution in [-0.2, 0) is 38.0 Å². The molecule has 4 fully saturated rings. The predicted molar refractivity (Wildman–Crippen MR) is 115 cm³/mol. The number of carbonyl (C=O) groups is 2. The van der Waals surface area contributed by atoms with Gasteiger partial charge in [0.25, 0.3) is 0 Å². The Bertz CT molecular complexity index is 855. The first kappa shape index (κ1) is 23.3. The molecular formula is C25H36O8. The fourth-order valence-electron chi connectivity index (χ4n) is 8.61. The zero-order valence-electron chi connectivity index (χ0n) is 20.3. The molecule has 2 aliphatic heterocycles. The Kier molecular flexibility index (Phi) is 5.67. The molecule has 0 aromatic rings. The second-order valence-electron chi connectivity index (χ2n) is 10.4. The van der Waals surface area contributed by atoms with Crippen molar-refractivity contribution in [1.29, 1.82) is 0 Å². The molecule has 33 heavy (non-hydrogen) atoms. The fraction of sp³-hybridized carbons (Fsp3) is 0.840. The summed E-state index contributed by atoms with van der Waals surface area (Å²) < 4.78 is 35.7. The summed E-state index contributed by atoms with van der Waals surface area (Å²) in [5.74, 6) is -1.17. The summed E-state index contributed by atoms with van der Waals surface area (Å²) in [6.45, 7) is 4.54. The van der Waals surface area contributed by atoms with Crippen LogP contribution < -0.4 is 0 Å². The summed E-state index contributed by atoms with van der Waals surface area (Å²) >= 11 is 0. The zero-order valence-corrected chi connectivity index (χ0v) is 20.3. The van der Waals surface area contributed by atoms with E-state index < -0.39 is 29.2 Å². The van der Waals surface area contributed by atoms with Crippen LogP contribution in [0, 0.1) is 34.5 Å². The van der Waals surface area contributed by atoms with E-state index >= 15 is 0 Å². The molecule has 0 N–H and O–H groups in total. The molecule has 3 saturated carbocycles. The van der Waals surface area contributed by atoms with Gasteiger partial charge in [-0.2, -0.15) is 0 Å². The first-order chi connectivity index (χ1) is 15.8. The van der Waals surface area contributed by atoms with Gasteiger partial charge in [0.15, 0.2) is 12.6 Å². The SMILES string of the molecule is CCO[C@@]12C[C@H]3[C@@H](CC[C@@H]4C35CCC[C@@]4(C(=O)OC)[C@@H](OC)OC5OC)[C@@H](C)C1=CC(=O)O2. The monoisotopic (exact) mass is 464 g/mol. The van der Waals surface area contributed by atoms with Crippen LogP contribution >= 0.6 is 0 Å². The lowest BCUT2D eigenvalue weighted by Gasteiger charge is -2.68. The lowest BCUT2D eigenvalue weighted by molar-refractivity contribution is -0.398. The van der Waals surface area contributed by atoms with Gasteiger partial charge in [-0.05, 0) is 56.3 Å². The average molecular weight is 465 g/mol. The van der Waals surface area contributed by atoms with Crippen molar-refractivity contribution in [3.05, 3.63) is 11.6 Å². The van der Waals surface area contributed by atoms with Crippen molar-refractivity contribution in [3.63, 3.8) is 0 Å². The number of fused-ring (bicyclic) bond motifs is 2. The van der Waals surface area contributed by atoms with Crippen LogP contribution in [0.4, 0.5) is 0 Å². The maximum Gasteiger partial charge on any atom is 0.333 e. The fourth-order valence-corrected chi connectivity index (χ4v) is 8.61. The van der Waals surface area contributed by atoms with Gasteiger partial charge in [-0.3, -0.25) is 4.79 Å². The van der Waals surface area contributed by atoms with Crippen molar-refractivity contribution < 1.29 is 38.0 Å². The Morgan fingerprint density at radius 2 is 1.91 bits per heavy atom. The normalized spacial score (nSPS) is 48.2. The van der Waals surface area contributed by atoms with Crippen molar-refractivity contribution in [2.75, 3.05) is 27.9 Å². The van der Waals surface area contributed by atoms with Crippen LogP contribution in [0.5, 0.6) is 0 Å². The van der Waals surface area contributed by atoms with Crippen LogP contribution in [0.2, 0.25) is 0 Å². The number of esters is 2. The third-order valence-electron chi connectivity index (χ3n) is 9.54. The van der Waals surface area contributed by atoms with Gasteiger partial charge in [0.1, 0.15) is 5.41 Å². The molecule has 0 spiro atoms. The number of hydrogen-bond acceptors (Lipinski definition) is 8. The molecule has 0 radical (unpaired) electrons. The molecule has 8 nitrogen and oxygen atoms in total. The average Bonchev–Trinajstić information content (AvgIpc) is 3.14. The van der Waals surface area contributed by atoms with Gasteiger partial charge in [0, 0.05) is 44.3 Å². The summed E-state index contributed by atoms with van der Waals surface area (Å²) in [5.41, 5.74) is -0.370. The molecule has 2 unspecified atom stereocenters. The molecule has 3 aliphatic carbocycles. The number of hydrogen-bond donors (Lipinski definition) is 0. The molecule has 8 heteroatoms. The molecule has 9 atom stereocenters. The number of rotatable bonds is 5. The van der Waals surface area contributed by atoms with Gasteiger partial charge in [-0.15, -0.1) is 0 Å². The lowest BCUT2D eigenvalue weighted by Crippen LogP contribution is -2.72. The minimum Gasteiger partial charge on any atom is -0.468 e. The third-order valence-corrected chi connectivity index (χ3v) is 9.54. The highest BCUT2D eigenvalue weighted by Gasteiger charge is 2.75. The third kappa shape index (κ3) is 2.84. The quantitative estimate of drug-likeness (QED) is 0.573. The van der Waals surface area contributed by atoms with E-state index in [-0.39, 0.29) is 29.7 Å². The molecule has 2 bridgehead atoms. The molecule has 184 valence electrons. The first-order valence-corrected chi connectivity index (χ1v) is 12.2. The maximum absolute atomic E-state index is 13.4. The highest BCUT2D eigenvalue weighted by Crippen LogP contribution is 2.71. The van der Waals surface area contributed by atoms with Gasteiger partial charge in [0.2, 0.25) is 5.79 Å². The lowest BCUT2D eigenvalue weighted by atomic mass is 9.40. The van der Waals surface area contributed by atoms with Gasteiger partial charge in [-0.1, -0.05) is 13.3 Å². The number of methoxy groups -OCH3 is 3. The molecule has 5 aliphatic rings. The largest absolute Gasteiger partial charge is 0.468 e. The van der Waals surface area contributed by atoms with E-state index in [0.29, 0.717) is 25.4 Å². The Labute approximate surface area is 195 Å². The topological polar surface area (TPSA) is 89.5 Å². The summed E-state index contributed by atoms with van der Waals surface area (Å²) in [6, 6.07) is 0. The molecule has 5 rings (SSSR count). The van der Waals surface area contributed by atoms with Crippen LogP contribution in [0.15, 0.2) is 11.6 Å². The van der Waals surface area contributed by atoms with E-state index in [4.69, 9.17) is 28.4 Å². The van der Waals surface area contributed by atoms with E-state index in [0.717, 1.165) is 31.3 Å². The molecule has 2 heterocycles. The van der Waals surface area contributed by atoms with Crippen molar-refractivity contribution in [2.24, 2.45) is 34.5 Å². The molecule has 1 saturated heterocycles. The Morgan fingerprint density at radius 3 is 2.58 bits per heavy atom. The van der Waals surface area contributed by atoms with Gasteiger partial charge in [-0.25, -0.2) is 4.79 Å². The summed E-state index contributed by atoms with van der Waals surface area (Å²) in [7, 11) is 4.69. The second-order valence-corrected chi connectivity index (χ2v) is 10.4. The summed E-state index contributed by atoms with van der Waals surface area (Å²) in [4.78, 5) is 25.8. The Morgan fingerprint density at radius 1 is 1.15 bits per heavy atom. The van der Waals surface area contributed by atoms with Crippen LogP contribution in [0.25, 0.3) is 0 Å². The second kappa shape index (κ2) is 8.04. The number of ether oxygens (including phenoxy) is 6. The van der Waals surface area contributed by atoms with Crippen LogP contribution in [0.1, 0.15) is 52.4 Å². The van der Waals surface area contributed by atoms with Crippen molar-refractivity contribution in [3.8, 4) is 0 Å². The first-order valence-electron chi connectivity index (χ1n) is 12.2. The maximum atomic E-state index is 13.4. The minimum atomic E-state index is -1.05. The molecule has 0 aromatic carbocycles. The van der Waals surface area contributed by atoms with Crippen molar-refractivity contribution in [2.45, 2.75) is 70.7 Å². The molecule has 0 aromatic heterocycles. The van der Waals surface area contributed by atoms with Crippen LogP contribution in [-0.4, -0.2) is 58.2 Å². The van der Waals surface area contributed by atoms with E-state index in [1.807, 2.05) is 6.92 Å². The summed E-state index contributed by atoms with van der Waals surface area (Å²) in [5, 5.41) is 0. The Balaban J connectivity index is 1.65. The number of carbonyl (C=O) groups excluding carboxylic acids is 2. The van der Waals surface area contributed by atoms with Gasteiger partial charge >= 0.3 is 11.9 Å². The minimum absolute atomic E-state index is 0.0235. The predicted octanol–water partition coefficient (Wildman–Crippen LogP) is 3.19. The van der Waals surface area contributed by atoms with Crippen LogP contribution in [0.3, 0.4) is 0 Å². The zero-order chi connectivity index (χ0) is 23.6. The van der Waals surface area contributed by atoms with E-state index in [2.05, 4.69) is 6.92 Å². The molecule has 0 amide bonds. The van der Waals surface area contributed by atoms with Gasteiger partial charge in [0.05, 0.1) is 7.11 Å². The standard InChI is InChI=1S/C25H36O8/c1-6-31-25-13-17-15(14(2)16(25)12-19(26)33-25)8-9-18-23(17)10-7-11-24(18,20(27)28-3)22(30-5)32-21(23)29-4/h12,14-15,17-18,21-22H,6-11,13H2,1-5H3/t14-,15+,17+,18-,21?,22+,23?,24-,25-/m1/s1. The van der Waals surface area contributed by atoms with Crippen molar-refractivity contribution >= 4 is 11.9 Å². The van der Waals surface area contributed by atoms with Crippen molar-refractivity contribution in [1.82, 2.24) is 0 Å².